The number of hydrogen-bond donors (Lipinski definition) is 1. The smallest absolute Gasteiger partial charge is 0.274 e. The predicted molar refractivity (Wildman–Crippen MR) is 47.3 cm³/mol. The Balaban J connectivity index is 3.17. The predicted octanol–water partition coefficient (Wildman–Crippen LogP) is 2.47. The number of aryl methyl sites for hydroxylation is 1. The lowest BCUT2D eigenvalue weighted by Gasteiger charge is -1.99. The van der Waals surface area contributed by atoms with Crippen LogP contribution in [0.4, 0.5) is 11.4 Å². The first-order chi connectivity index (χ1) is 5.65. The van der Waals surface area contributed by atoms with Crippen LogP contribution in [0, 0.1) is 17.0 Å². The first kappa shape index (κ1) is 8.80. The van der Waals surface area contributed by atoms with Gasteiger partial charge in [0.1, 0.15) is 0 Å². The van der Waals surface area contributed by atoms with Crippen molar-refractivity contribution in [1.82, 2.24) is 0 Å². The Morgan fingerprint density at radius 2 is 2.25 bits per heavy atom. The minimum Gasteiger partial charge on any atom is -0.298 e. The highest BCUT2D eigenvalue weighted by molar-refractivity contribution is 6.24. The monoisotopic (exact) mass is 186 g/mol. The second kappa shape index (κ2) is 3.40. The van der Waals surface area contributed by atoms with Gasteiger partial charge in [0.2, 0.25) is 0 Å². The molecule has 1 N–H and O–H groups in total. The van der Waals surface area contributed by atoms with Gasteiger partial charge in [-0.1, -0.05) is 6.07 Å². The Bertz CT molecular complexity index is 314. The van der Waals surface area contributed by atoms with E-state index in [0.29, 0.717) is 11.3 Å². The molecule has 0 atom stereocenters. The maximum absolute atomic E-state index is 10.4. The topological polar surface area (TPSA) is 55.2 Å². The molecule has 12 heavy (non-hydrogen) atoms. The zero-order valence-corrected chi connectivity index (χ0v) is 7.13. The van der Waals surface area contributed by atoms with Crippen LogP contribution in [0.15, 0.2) is 18.2 Å². The summed E-state index contributed by atoms with van der Waals surface area (Å²) in [6.45, 7) is 1.68. The van der Waals surface area contributed by atoms with Gasteiger partial charge in [0.15, 0.2) is 0 Å². The van der Waals surface area contributed by atoms with Crippen LogP contribution in [0.1, 0.15) is 5.56 Å². The van der Waals surface area contributed by atoms with Crippen LogP contribution in [-0.2, 0) is 0 Å². The van der Waals surface area contributed by atoms with E-state index in [2.05, 4.69) is 4.84 Å². The number of nitrogens with one attached hydrogen (secondary N) is 1. The third-order valence-corrected chi connectivity index (χ3v) is 1.73. The molecular formula is C7H7ClN2O2. The van der Waals surface area contributed by atoms with E-state index in [9.17, 15) is 10.1 Å². The van der Waals surface area contributed by atoms with Crippen molar-refractivity contribution in [3.05, 3.63) is 33.9 Å². The van der Waals surface area contributed by atoms with E-state index in [0.717, 1.165) is 0 Å². The third-order valence-electron chi connectivity index (χ3n) is 1.51. The lowest BCUT2D eigenvalue weighted by molar-refractivity contribution is -0.385. The number of nitrogens with zero attached hydrogens (tertiary/aromatic N) is 1. The summed E-state index contributed by atoms with van der Waals surface area (Å²) in [5.41, 5.74) is 1.21. The highest BCUT2D eigenvalue weighted by atomic mass is 35.5. The maximum Gasteiger partial charge on any atom is 0.274 e. The van der Waals surface area contributed by atoms with Gasteiger partial charge in [-0.05, 0) is 13.0 Å². The molecule has 1 aromatic carbocycles. The zero-order chi connectivity index (χ0) is 9.14. The maximum atomic E-state index is 10.4. The van der Waals surface area contributed by atoms with Gasteiger partial charge in [-0.15, -0.1) is 0 Å². The number of anilines is 1. The van der Waals surface area contributed by atoms with Gasteiger partial charge in [-0.25, -0.2) is 0 Å². The third kappa shape index (κ3) is 1.65. The van der Waals surface area contributed by atoms with E-state index < -0.39 is 4.92 Å². The normalized spacial score (nSPS) is 9.50. The zero-order valence-electron chi connectivity index (χ0n) is 6.37. The van der Waals surface area contributed by atoms with Crippen molar-refractivity contribution >= 4 is 23.2 Å². The van der Waals surface area contributed by atoms with Crippen molar-refractivity contribution in [2.45, 2.75) is 6.92 Å². The number of halogens is 1. The highest BCUT2D eigenvalue weighted by Gasteiger charge is 2.09. The van der Waals surface area contributed by atoms with Gasteiger partial charge < -0.3 is 0 Å². The number of rotatable bonds is 2. The summed E-state index contributed by atoms with van der Waals surface area (Å²) in [6.07, 6.45) is 0. The molecule has 0 aliphatic rings. The fraction of sp³-hybridized carbons (Fsp3) is 0.143. The lowest BCUT2D eigenvalue weighted by atomic mass is 10.2. The fourth-order valence-corrected chi connectivity index (χ4v) is 0.982. The van der Waals surface area contributed by atoms with Crippen molar-refractivity contribution in [2.75, 3.05) is 4.84 Å². The summed E-state index contributed by atoms with van der Waals surface area (Å²) in [5, 5.41) is 10.4. The second-order valence-electron chi connectivity index (χ2n) is 2.35. The summed E-state index contributed by atoms with van der Waals surface area (Å²) in [5.74, 6) is 0. The van der Waals surface area contributed by atoms with Crippen molar-refractivity contribution in [3.8, 4) is 0 Å². The quantitative estimate of drug-likeness (QED) is 0.439. The van der Waals surface area contributed by atoms with Gasteiger partial charge in [-0.2, -0.15) is 0 Å². The summed E-state index contributed by atoms with van der Waals surface area (Å²) in [6, 6.07) is 4.71. The molecule has 0 aromatic heterocycles. The van der Waals surface area contributed by atoms with Gasteiger partial charge >= 0.3 is 0 Å². The molecule has 64 valence electrons. The minimum atomic E-state index is -0.437. The molecule has 0 bridgehead atoms. The fourth-order valence-electron chi connectivity index (χ4n) is 0.865. The molecule has 5 heteroatoms. The molecule has 1 rings (SSSR count). The Morgan fingerprint density at radius 3 is 2.75 bits per heavy atom. The van der Waals surface area contributed by atoms with Crippen molar-refractivity contribution in [1.29, 1.82) is 0 Å². The van der Waals surface area contributed by atoms with Crippen LogP contribution < -0.4 is 4.84 Å². The first-order valence-electron chi connectivity index (χ1n) is 3.27. The molecule has 0 aliphatic carbocycles. The average Bonchev–Trinajstić information content (AvgIpc) is 2.05. The molecule has 0 radical (unpaired) electrons. The second-order valence-corrected chi connectivity index (χ2v) is 2.54. The van der Waals surface area contributed by atoms with E-state index in [1.165, 1.54) is 6.07 Å². The van der Waals surface area contributed by atoms with Crippen LogP contribution in [-0.4, -0.2) is 4.92 Å². The summed E-state index contributed by atoms with van der Waals surface area (Å²) >= 11 is 5.28. The molecule has 4 nitrogen and oxygen atoms in total. The number of nitro groups is 1. The molecular weight excluding hydrogens is 180 g/mol. The Kier molecular flexibility index (Phi) is 2.50. The number of nitro benzene ring substituents is 1. The van der Waals surface area contributed by atoms with Crippen LogP contribution in [0.25, 0.3) is 0 Å². The van der Waals surface area contributed by atoms with Crippen LogP contribution >= 0.6 is 11.8 Å². The van der Waals surface area contributed by atoms with Gasteiger partial charge in [0.05, 0.1) is 10.6 Å². The summed E-state index contributed by atoms with van der Waals surface area (Å²) in [4.78, 5) is 12.3. The highest BCUT2D eigenvalue weighted by Crippen LogP contribution is 2.22. The number of hydrogen-bond acceptors (Lipinski definition) is 3. The summed E-state index contributed by atoms with van der Waals surface area (Å²) in [7, 11) is 0. The average molecular weight is 187 g/mol. The van der Waals surface area contributed by atoms with Gasteiger partial charge in [0, 0.05) is 23.4 Å². The van der Waals surface area contributed by atoms with Crippen molar-refractivity contribution in [3.63, 3.8) is 0 Å². The molecule has 0 spiro atoms. The largest absolute Gasteiger partial charge is 0.298 e. The molecule has 0 unspecified atom stereocenters. The minimum absolute atomic E-state index is 0.0700. The van der Waals surface area contributed by atoms with Crippen LogP contribution in [0.5, 0.6) is 0 Å². The van der Waals surface area contributed by atoms with Gasteiger partial charge in [-0.3, -0.25) is 15.0 Å². The van der Waals surface area contributed by atoms with Crippen molar-refractivity contribution < 1.29 is 4.92 Å². The van der Waals surface area contributed by atoms with Crippen LogP contribution in [0.2, 0.25) is 0 Å². The Labute approximate surface area is 74.4 Å². The van der Waals surface area contributed by atoms with E-state index >= 15 is 0 Å². The van der Waals surface area contributed by atoms with E-state index in [1.807, 2.05) is 0 Å². The molecule has 1 aromatic rings. The van der Waals surface area contributed by atoms with E-state index in [-0.39, 0.29) is 5.69 Å². The van der Waals surface area contributed by atoms with Crippen molar-refractivity contribution in [2.24, 2.45) is 0 Å². The Morgan fingerprint density at radius 1 is 1.58 bits per heavy atom. The van der Waals surface area contributed by atoms with E-state index in [4.69, 9.17) is 11.8 Å². The SMILES string of the molecule is Cc1ccc(NCl)cc1[N+](=O)[O-]. The first-order valence-corrected chi connectivity index (χ1v) is 3.64. The molecule has 0 fully saturated rings. The lowest BCUT2D eigenvalue weighted by Crippen LogP contribution is -1.92. The molecule has 0 amide bonds. The van der Waals surface area contributed by atoms with Crippen LogP contribution in [0.3, 0.4) is 0 Å². The molecule has 0 heterocycles. The van der Waals surface area contributed by atoms with E-state index in [1.54, 1.807) is 19.1 Å². The molecule has 0 aliphatic heterocycles. The Hall–Kier alpha value is -1.29. The molecule has 0 saturated carbocycles. The standard InChI is InChI=1S/C7H7ClN2O2/c1-5-2-3-6(9-8)4-7(5)10(11)12/h2-4,9H,1H3. The molecule has 0 saturated heterocycles. The van der Waals surface area contributed by atoms with Gasteiger partial charge in [0.25, 0.3) is 5.69 Å². The number of benzene rings is 1. The summed E-state index contributed by atoms with van der Waals surface area (Å²) < 4.78 is 0.